The lowest BCUT2D eigenvalue weighted by Gasteiger charge is -1.98. The van der Waals surface area contributed by atoms with Crippen molar-refractivity contribution in [2.45, 2.75) is 13.8 Å². The van der Waals surface area contributed by atoms with Crippen LogP contribution in [0.2, 0.25) is 0 Å². The number of aromatic amines is 1. The van der Waals surface area contributed by atoms with Gasteiger partial charge in [-0.1, -0.05) is 22.0 Å². The summed E-state index contributed by atoms with van der Waals surface area (Å²) in [4.78, 5) is 14.7. The molecule has 0 unspecified atom stereocenters. The number of halogens is 1. The van der Waals surface area contributed by atoms with Crippen LogP contribution in [0.15, 0.2) is 22.7 Å². The summed E-state index contributed by atoms with van der Waals surface area (Å²) < 4.78 is 5.92. The molecule has 0 aliphatic heterocycles. The molecule has 84 valence electrons. The fourth-order valence-electron chi connectivity index (χ4n) is 1.64. The second-order valence-electron chi connectivity index (χ2n) is 3.56. The quantitative estimate of drug-likeness (QED) is 0.857. The molecule has 1 heterocycles. The Hall–Kier alpha value is -1.29. The van der Waals surface area contributed by atoms with Crippen LogP contribution >= 0.6 is 15.9 Å². The van der Waals surface area contributed by atoms with Crippen molar-refractivity contribution in [3.63, 3.8) is 0 Å². The van der Waals surface area contributed by atoms with Gasteiger partial charge in [-0.2, -0.15) is 0 Å². The number of rotatable bonds is 2. The standard InChI is InChI=1S/C12H12BrNO2/c1-3-16-12(15)10-6-8-9(13)5-4-7(2)11(8)14-10/h4-6,14H,3H2,1-2H3. The minimum absolute atomic E-state index is 0.315. The molecule has 0 saturated carbocycles. The Labute approximate surface area is 102 Å². The molecule has 0 aliphatic rings. The van der Waals surface area contributed by atoms with E-state index in [1.807, 2.05) is 25.1 Å². The van der Waals surface area contributed by atoms with Gasteiger partial charge in [0.1, 0.15) is 5.69 Å². The first kappa shape index (κ1) is 11.2. The molecular formula is C12H12BrNO2. The van der Waals surface area contributed by atoms with E-state index in [0.29, 0.717) is 12.3 Å². The SMILES string of the molecule is CCOC(=O)c1cc2c(Br)ccc(C)c2[nH]1. The van der Waals surface area contributed by atoms with Crippen molar-refractivity contribution in [1.82, 2.24) is 4.98 Å². The molecule has 0 bridgehead atoms. The number of hydrogen-bond acceptors (Lipinski definition) is 2. The maximum atomic E-state index is 11.6. The number of H-pyrrole nitrogens is 1. The smallest absolute Gasteiger partial charge is 0.354 e. The van der Waals surface area contributed by atoms with Gasteiger partial charge in [0.25, 0.3) is 0 Å². The Morgan fingerprint density at radius 2 is 2.25 bits per heavy atom. The fraction of sp³-hybridized carbons (Fsp3) is 0.250. The van der Waals surface area contributed by atoms with Crippen molar-refractivity contribution in [3.05, 3.63) is 33.9 Å². The Balaban J connectivity index is 2.55. The molecule has 0 saturated heterocycles. The predicted octanol–water partition coefficient (Wildman–Crippen LogP) is 3.42. The number of hydrogen-bond donors (Lipinski definition) is 1. The molecule has 0 fully saturated rings. The number of ether oxygens (including phenoxy) is 1. The summed E-state index contributed by atoms with van der Waals surface area (Å²) in [5, 5.41) is 1.00. The van der Waals surface area contributed by atoms with E-state index in [0.717, 1.165) is 20.9 Å². The summed E-state index contributed by atoms with van der Waals surface area (Å²) in [7, 11) is 0. The van der Waals surface area contributed by atoms with E-state index in [1.54, 1.807) is 6.92 Å². The molecule has 1 aromatic heterocycles. The number of esters is 1. The van der Waals surface area contributed by atoms with Crippen molar-refractivity contribution in [2.24, 2.45) is 0 Å². The lowest BCUT2D eigenvalue weighted by atomic mass is 10.2. The van der Waals surface area contributed by atoms with Gasteiger partial charge in [-0.05, 0) is 31.5 Å². The van der Waals surface area contributed by atoms with Gasteiger partial charge in [0.2, 0.25) is 0 Å². The van der Waals surface area contributed by atoms with Gasteiger partial charge in [0, 0.05) is 9.86 Å². The van der Waals surface area contributed by atoms with Crippen LogP contribution < -0.4 is 0 Å². The molecule has 1 N–H and O–H groups in total. The largest absolute Gasteiger partial charge is 0.461 e. The monoisotopic (exact) mass is 281 g/mol. The number of benzene rings is 1. The molecule has 16 heavy (non-hydrogen) atoms. The minimum atomic E-state index is -0.315. The number of carbonyl (C=O) groups is 1. The molecule has 3 nitrogen and oxygen atoms in total. The zero-order valence-corrected chi connectivity index (χ0v) is 10.7. The maximum absolute atomic E-state index is 11.6. The van der Waals surface area contributed by atoms with Crippen LogP contribution in [-0.4, -0.2) is 17.6 Å². The summed E-state index contributed by atoms with van der Waals surface area (Å²) in [6.07, 6.45) is 0. The lowest BCUT2D eigenvalue weighted by molar-refractivity contribution is 0.0520. The molecule has 1 aromatic carbocycles. The highest BCUT2D eigenvalue weighted by atomic mass is 79.9. The third kappa shape index (κ3) is 1.85. The van der Waals surface area contributed by atoms with Gasteiger partial charge in [-0.25, -0.2) is 4.79 Å². The molecule has 2 rings (SSSR count). The van der Waals surface area contributed by atoms with Crippen LogP contribution in [0, 0.1) is 6.92 Å². The molecular weight excluding hydrogens is 270 g/mol. The van der Waals surface area contributed by atoms with Crippen LogP contribution in [0.25, 0.3) is 10.9 Å². The third-order valence-corrected chi connectivity index (χ3v) is 3.14. The number of carbonyl (C=O) groups excluding carboxylic acids is 1. The molecule has 2 aromatic rings. The van der Waals surface area contributed by atoms with Crippen LogP contribution in [0.5, 0.6) is 0 Å². The van der Waals surface area contributed by atoms with E-state index < -0.39 is 0 Å². The Bertz CT molecular complexity index is 506. The van der Waals surface area contributed by atoms with E-state index in [2.05, 4.69) is 20.9 Å². The summed E-state index contributed by atoms with van der Waals surface area (Å²) >= 11 is 3.46. The Kier molecular flexibility index (Phi) is 3.01. The van der Waals surface area contributed by atoms with Crippen molar-refractivity contribution in [3.8, 4) is 0 Å². The average Bonchev–Trinajstić information content (AvgIpc) is 2.70. The molecule has 4 heteroatoms. The minimum Gasteiger partial charge on any atom is -0.461 e. The van der Waals surface area contributed by atoms with E-state index in [1.165, 1.54) is 0 Å². The zero-order valence-electron chi connectivity index (χ0n) is 9.13. The van der Waals surface area contributed by atoms with Crippen molar-refractivity contribution >= 4 is 32.8 Å². The maximum Gasteiger partial charge on any atom is 0.354 e. The summed E-state index contributed by atoms with van der Waals surface area (Å²) in [5.74, 6) is -0.315. The van der Waals surface area contributed by atoms with Crippen LogP contribution in [0.4, 0.5) is 0 Å². The number of fused-ring (bicyclic) bond motifs is 1. The first-order chi connectivity index (χ1) is 7.63. The van der Waals surface area contributed by atoms with Crippen LogP contribution in [0.3, 0.4) is 0 Å². The van der Waals surface area contributed by atoms with Crippen molar-refractivity contribution in [1.29, 1.82) is 0 Å². The number of nitrogens with one attached hydrogen (secondary N) is 1. The molecule has 0 radical (unpaired) electrons. The van der Waals surface area contributed by atoms with E-state index in [9.17, 15) is 4.79 Å². The first-order valence-electron chi connectivity index (χ1n) is 5.08. The van der Waals surface area contributed by atoms with E-state index in [-0.39, 0.29) is 5.97 Å². The molecule has 0 aliphatic carbocycles. The normalized spacial score (nSPS) is 10.7. The predicted molar refractivity (Wildman–Crippen MR) is 66.7 cm³/mol. The molecule has 0 spiro atoms. The lowest BCUT2D eigenvalue weighted by Crippen LogP contribution is -2.04. The molecule has 0 amide bonds. The van der Waals surface area contributed by atoms with E-state index >= 15 is 0 Å². The highest BCUT2D eigenvalue weighted by Gasteiger charge is 2.12. The van der Waals surface area contributed by atoms with Crippen LogP contribution in [-0.2, 0) is 4.74 Å². The topological polar surface area (TPSA) is 42.1 Å². The van der Waals surface area contributed by atoms with E-state index in [4.69, 9.17) is 4.74 Å². The Morgan fingerprint density at radius 3 is 2.88 bits per heavy atom. The first-order valence-corrected chi connectivity index (χ1v) is 5.87. The fourth-order valence-corrected chi connectivity index (χ4v) is 2.09. The summed E-state index contributed by atoms with van der Waals surface area (Å²) in [6.45, 7) is 4.18. The molecule has 0 atom stereocenters. The van der Waals surface area contributed by atoms with Gasteiger partial charge in [0.05, 0.1) is 12.1 Å². The van der Waals surface area contributed by atoms with Crippen molar-refractivity contribution < 1.29 is 9.53 Å². The summed E-state index contributed by atoms with van der Waals surface area (Å²) in [5.41, 5.74) is 2.57. The third-order valence-electron chi connectivity index (χ3n) is 2.44. The van der Waals surface area contributed by atoms with Gasteiger partial charge < -0.3 is 9.72 Å². The number of aryl methyl sites for hydroxylation is 1. The van der Waals surface area contributed by atoms with Crippen LogP contribution in [0.1, 0.15) is 23.0 Å². The highest BCUT2D eigenvalue weighted by molar-refractivity contribution is 9.10. The van der Waals surface area contributed by atoms with Gasteiger partial charge in [-0.15, -0.1) is 0 Å². The second kappa shape index (κ2) is 4.29. The zero-order chi connectivity index (χ0) is 11.7. The summed E-state index contributed by atoms with van der Waals surface area (Å²) in [6, 6.07) is 5.78. The van der Waals surface area contributed by atoms with Gasteiger partial charge >= 0.3 is 5.97 Å². The second-order valence-corrected chi connectivity index (χ2v) is 4.41. The van der Waals surface area contributed by atoms with Gasteiger partial charge in [0.15, 0.2) is 0 Å². The van der Waals surface area contributed by atoms with Crippen molar-refractivity contribution in [2.75, 3.05) is 6.61 Å². The van der Waals surface area contributed by atoms with Gasteiger partial charge in [-0.3, -0.25) is 0 Å². The highest BCUT2D eigenvalue weighted by Crippen LogP contribution is 2.27. The number of aromatic nitrogens is 1. The average molecular weight is 282 g/mol. The Morgan fingerprint density at radius 1 is 1.50 bits per heavy atom.